The van der Waals surface area contributed by atoms with Crippen LogP contribution in [0.25, 0.3) is 0 Å². The second-order valence-corrected chi connectivity index (χ2v) is 6.17. The predicted molar refractivity (Wildman–Crippen MR) is 98.9 cm³/mol. The standard InChI is InChI=1S/C17H23ClN2O4.ClH/c1-11(2)19-8-13(21)9-22-14-5-4-6-15(7-14)23-10-16-17(18)12(3)20-24-16;/h4-7,11,13,19,21H,8-10H2,1-3H3;1H. The van der Waals surface area contributed by atoms with Crippen LogP contribution in [0.2, 0.25) is 5.02 Å². The van der Waals surface area contributed by atoms with Crippen molar-refractivity contribution in [3.8, 4) is 11.5 Å². The topological polar surface area (TPSA) is 76.8 Å². The van der Waals surface area contributed by atoms with E-state index in [0.717, 1.165) is 0 Å². The van der Waals surface area contributed by atoms with E-state index >= 15 is 0 Å². The molecule has 0 amide bonds. The van der Waals surface area contributed by atoms with Crippen LogP contribution >= 0.6 is 24.0 Å². The van der Waals surface area contributed by atoms with Crippen LogP contribution < -0.4 is 14.8 Å². The summed E-state index contributed by atoms with van der Waals surface area (Å²) in [5.74, 6) is 1.72. The van der Waals surface area contributed by atoms with Gasteiger partial charge in [0.1, 0.15) is 29.2 Å². The van der Waals surface area contributed by atoms with Crippen molar-refractivity contribution in [2.45, 2.75) is 39.5 Å². The summed E-state index contributed by atoms with van der Waals surface area (Å²) in [7, 11) is 0. The van der Waals surface area contributed by atoms with Gasteiger partial charge in [0.2, 0.25) is 0 Å². The minimum Gasteiger partial charge on any atom is -0.491 e. The van der Waals surface area contributed by atoms with Crippen LogP contribution in [-0.2, 0) is 6.61 Å². The molecule has 1 aromatic heterocycles. The average molecular weight is 391 g/mol. The van der Waals surface area contributed by atoms with Gasteiger partial charge in [-0.05, 0) is 19.1 Å². The second kappa shape index (κ2) is 10.5. The van der Waals surface area contributed by atoms with Crippen molar-refractivity contribution in [2.24, 2.45) is 0 Å². The first-order chi connectivity index (χ1) is 11.5. The minimum atomic E-state index is -0.576. The highest BCUT2D eigenvalue weighted by molar-refractivity contribution is 6.31. The van der Waals surface area contributed by atoms with Gasteiger partial charge in [0.25, 0.3) is 0 Å². The highest BCUT2D eigenvalue weighted by Gasteiger charge is 2.11. The quantitative estimate of drug-likeness (QED) is 0.683. The summed E-state index contributed by atoms with van der Waals surface area (Å²) in [6, 6.07) is 7.50. The SMILES string of the molecule is Cc1noc(COc2cccc(OCC(O)CNC(C)C)c2)c1Cl.Cl. The van der Waals surface area contributed by atoms with Crippen LogP contribution in [0.1, 0.15) is 25.3 Å². The number of nitrogens with one attached hydrogen (secondary N) is 1. The lowest BCUT2D eigenvalue weighted by Gasteiger charge is -2.15. The van der Waals surface area contributed by atoms with Crippen molar-refractivity contribution >= 4 is 24.0 Å². The van der Waals surface area contributed by atoms with Gasteiger partial charge in [-0.15, -0.1) is 12.4 Å². The number of hydrogen-bond acceptors (Lipinski definition) is 6. The maximum absolute atomic E-state index is 9.86. The molecule has 8 heteroatoms. The Balaban J connectivity index is 0.00000312. The molecule has 1 unspecified atom stereocenters. The number of rotatable bonds is 9. The molecule has 0 radical (unpaired) electrons. The molecule has 1 aromatic carbocycles. The van der Waals surface area contributed by atoms with Gasteiger partial charge in [0.15, 0.2) is 12.4 Å². The largest absolute Gasteiger partial charge is 0.491 e. The molecule has 0 fully saturated rings. The van der Waals surface area contributed by atoms with E-state index in [4.69, 9.17) is 25.6 Å². The third-order valence-corrected chi connectivity index (χ3v) is 3.72. The number of aliphatic hydroxyl groups is 1. The Morgan fingerprint density at radius 1 is 1.28 bits per heavy atom. The fourth-order valence-corrected chi connectivity index (χ4v) is 2.04. The van der Waals surface area contributed by atoms with E-state index in [1.807, 2.05) is 19.9 Å². The molecule has 0 spiro atoms. The van der Waals surface area contributed by atoms with Crippen LogP contribution in [0, 0.1) is 6.92 Å². The molecule has 2 N–H and O–H groups in total. The molecule has 25 heavy (non-hydrogen) atoms. The zero-order valence-corrected chi connectivity index (χ0v) is 16.1. The normalized spacial score (nSPS) is 11.9. The fourth-order valence-electron chi connectivity index (χ4n) is 1.92. The van der Waals surface area contributed by atoms with Crippen molar-refractivity contribution in [1.29, 1.82) is 0 Å². The molecule has 0 saturated heterocycles. The maximum Gasteiger partial charge on any atom is 0.192 e. The number of hydrogen-bond donors (Lipinski definition) is 2. The maximum atomic E-state index is 9.86. The first-order valence-corrected chi connectivity index (χ1v) is 8.21. The van der Waals surface area contributed by atoms with Crippen molar-refractivity contribution in [2.75, 3.05) is 13.2 Å². The van der Waals surface area contributed by atoms with E-state index in [1.54, 1.807) is 25.1 Å². The number of ether oxygens (including phenoxy) is 2. The first-order valence-electron chi connectivity index (χ1n) is 7.83. The fraction of sp³-hybridized carbons (Fsp3) is 0.471. The van der Waals surface area contributed by atoms with Gasteiger partial charge in [0.05, 0.1) is 5.69 Å². The molecule has 0 aliphatic heterocycles. The lowest BCUT2D eigenvalue weighted by molar-refractivity contribution is 0.104. The molecular weight excluding hydrogens is 367 g/mol. The molecule has 1 heterocycles. The lowest BCUT2D eigenvalue weighted by atomic mass is 10.3. The van der Waals surface area contributed by atoms with Gasteiger partial charge in [-0.2, -0.15) is 0 Å². The summed E-state index contributed by atoms with van der Waals surface area (Å²) in [6.45, 7) is 6.69. The number of aromatic nitrogens is 1. The van der Waals surface area contributed by atoms with Crippen LogP contribution in [0.4, 0.5) is 0 Å². The number of halogens is 2. The molecule has 0 saturated carbocycles. The molecule has 1 atom stereocenters. The Hall–Kier alpha value is -1.47. The molecule has 2 aromatic rings. The third-order valence-electron chi connectivity index (χ3n) is 3.23. The molecule has 2 rings (SSSR count). The summed E-state index contributed by atoms with van der Waals surface area (Å²) >= 11 is 6.05. The van der Waals surface area contributed by atoms with Crippen LogP contribution in [0.15, 0.2) is 28.8 Å². The Kier molecular flexibility index (Phi) is 9.06. The molecule has 0 aliphatic rings. The zero-order valence-electron chi connectivity index (χ0n) is 14.5. The Labute approximate surface area is 158 Å². The second-order valence-electron chi connectivity index (χ2n) is 5.80. The molecule has 140 valence electrons. The summed E-state index contributed by atoms with van der Waals surface area (Å²) in [4.78, 5) is 0. The monoisotopic (exact) mass is 390 g/mol. The highest BCUT2D eigenvalue weighted by atomic mass is 35.5. The van der Waals surface area contributed by atoms with Gasteiger partial charge >= 0.3 is 0 Å². The number of nitrogens with zero attached hydrogens (tertiary/aromatic N) is 1. The van der Waals surface area contributed by atoms with Crippen molar-refractivity contribution in [1.82, 2.24) is 10.5 Å². The van der Waals surface area contributed by atoms with E-state index in [0.29, 0.717) is 40.6 Å². The van der Waals surface area contributed by atoms with Gasteiger partial charge in [-0.25, -0.2) is 0 Å². The zero-order chi connectivity index (χ0) is 17.5. The molecule has 6 nitrogen and oxygen atoms in total. The molecule has 0 aliphatic carbocycles. The van der Waals surface area contributed by atoms with E-state index < -0.39 is 6.10 Å². The molecular formula is C17H24Cl2N2O4. The highest BCUT2D eigenvalue weighted by Crippen LogP contribution is 2.24. The Bertz CT molecular complexity index is 649. The summed E-state index contributed by atoms with van der Waals surface area (Å²) in [6.07, 6.45) is -0.576. The summed E-state index contributed by atoms with van der Waals surface area (Å²) in [5.41, 5.74) is 0.636. The number of benzene rings is 1. The van der Waals surface area contributed by atoms with Crippen molar-refractivity contribution in [3.63, 3.8) is 0 Å². The number of aliphatic hydroxyl groups excluding tert-OH is 1. The number of aryl methyl sites for hydroxylation is 1. The van der Waals surface area contributed by atoms with Crippen molar-refractivity contribution in [3.05, 3.63) is 40.7 Å². The van der Waals surface area contributed by atoms with E-state index in [2.05, 4.69) is 10.5 Å². The van der Waals surface area contributed by atoms with E-state index in [-0.39, 0.29) is 25.6 Å². The molecule has 0 bridgehead atoms. The van der Waals surface area contributed by atoms with Crippen LogP contribution in [-0.4, -0.2) is 35.6 Å². The van der Waals surface area contributed by atoms with Gasteiger partial charge in [-0.1, -0.05) is 36.7 Å². The Morgan fingerprint density at radius 3 is 2.56 bits per heavy atom. The minimum absolute atomic E-state index is 0. The first kappa shape index (κ1) is 21.6. The lowest BCUT2D eigenvalue weighted by Crippen LogP contribution is -2.35. The summed E-state index contributed by atoms with van der Waals surface area (Å²) in [5, 5.41) is 17.3. The van der Waals surface area contributed by atoms with Gasteiger partial charge in [0, 0.05) is 18.7 Å². The predicted octanol–water partition coefficient (Wildman–Crippen LogP) is 3.37. The van der Waals surface area contributed by atoms with Gasteiger partial charge in [-0.3, -0.25) is 0 Å². The average Bonchev–Trinajstić information content (AvgIpc) is 2.88. The Morgan fingerprint density at radius 2 is 1.96 bits per heavy atom. The van der Waals surface area contributed by atoms with Crippen molar-refractivity contribution < 1.29 is 19.1 Å². The van der Waals surface area contributed by atoms with Crippen LogP contribution in [0.5, 0.6) is 11.5 Å². The smallest absolute Gasteiger partial charge is 0.192 e. The third kappa shape index (κ3) is 7.12. The van der Waals surface area contributed by atoms with Gasteiger partial charge < -0.3 is 24.4 Å². The summed E-state index contributed by atoms with van der Waals surface area (Å²) < 4.78 is 16.3. The van der Waals surface area contributed by atoms with E-state index in [9.17, 15) is 5.11 Å². The van der Waals surface area contributed by atoms with E-state index in [1.165, 1.54) is 0 Å². The van der Waals surface area contributed by atoms with Crippen LogP contribution in [0.3, 0.4) is 0 Å².